The molecule has 5 nitrogen and oxygen atoms in total. The minimum atomic E-state index is -1.00. The fourth-order valence-corrected chi connectivity index (χ4v) is 1.07. The zero-order valence-electron chi connectivity index (χ0n) is 7.62. The van der Waals surface area contributed by atoms with Crippen molar-refractivity contribution >= 4 is 5.69 Å². The van der Waals surface area contributed by atoms with Gasteiger partial charge in [-0.25, -0.2) is 0 Å². The predicted molar refractivity (Wildman–Crippen MR) is 49.7 cm³/mol. The van der Waals surface area contributed by atoms with E-state index in [0.717, 1.165) is 0 Å². The summed E-state index contributed by atoms with van der Waals surface area (Å²) in [5, 5.41) is 28.8. The lowest BCUT2D eigenvalue weighted by Gasteiger charge is -2.13. The van der Waals surface area contributed by atoms with E-state index in [2.05, 4.69) is 0 Å². The fraction of sp³-hybridized carbons (Fsp3) is 0.333. The number of hydrogen-bond acceptors (Lipinski definition) is 4. The van der Waals surface area contributed by atoms with Gasteiger partial charge < -0.3 is 10.2 Å². The second kappa shape index (κ2) is 4.17. The van der Waals surface area contributed by atoms with Gasteiger partial charge in [0, 0.05) is 12.1 Å². The van der Waals surface area contributed by atoms with Crippen molar-refractivity contribution in [2.24, 2.45) is 0 Å². The third-order valence-corrected chi connectivity index (χ3v) is 1.90. The summed E-state index contributed by atoms with van der Waals surface area (Å²) >= 11 is 0. The molecule has 0 bridgehead atoms. The van der Waals surface area contributed by atoms with Crippen molar-refractivity contribution in [2.45, 2.75) is 19.1 Å². The number of aliphatic hydroxyl groups excluding tert-OH is 2. The molecule has 14 heavy (non-hydrogen) atoms. The van der Waals surface area contributed by atoms with E-state index in [1.165, 1.54) is 31.2 Å². The van der Waals surface area contributed by atoms with Crippen molar-refractivity contribution < 1.29 is 15.1 Å². The first-order valence-electron chi connectivity index (χ1n) is 4.13. The van der Waals surface area contributed by atoms with Crippen LogP contribution in [-0.4, -0.2) is 21.2 Å². The van der Waals surface area contributed by atoms with Gasteiger partial charge in [0.15, 0.2) is 0 Å². The molecule has 0 aromatic heterocycles. The highest BCUT2D eigenvalue weighted by molar-refractivity contribution is 5.33. The fourth-order valence-electron chi connectivity index (χ4n) is 1.07. The molecule has 0 aliphatic carbocycles. The SMILES string of the molecule is CC(O)C(O)c1ccc([N+](=O)[O-])cc1. The molecule has 0 saturated heterocycles. The molecule has 0 amide bonds. The van der Waals surface area contributed by atoms with E-state index in [0.29, 0.717) is 5.56 Å². The molecule has 0 saturated carbocycles. The van der Waals surface area contributed by atoms with Crippen LogP contribution < -0.4 is 0 Å². The van der Waals surface area contributed by atoms with Gasteiger partial charge in [0.05, 0.1) is 11.0 Å². The van der Waals surface area contributed by atoms with Gasteiger partial charge in [-0.15, -0.1) is 0 Å². The number of aliphatic hydroxyl groups is 2. The van der Waals surface area contributed by atoms with Crippen molar-refractivity contribution in [3.63, 3.8) is 0 Å². The van der Waals surface area contributed by atoms with Crippen LogP contribution in [0, 0.1) is 10.1 Å². The third kappa shape index (κ3) is 2.27. The molecular formula is C9H11NO4. The smallest absolute Gasteiger partial charge is 0.269 e. The van der Waals surface area contributed by atoms with Crippen molar-refractivity contribution in [2.75, 3.05) is 0 Å². The number of nitro benzene ring substituents is 1. The Kier molecular flexibility index (Phi) is 3.16. The molecule has 0 aliphatic heterocycles. The Morgan fingerprint density at radius 2 is 1.79 bits per heavy atom. The molecule has 5 heteroatoms. The highest BCUT2D eigenvalue weighted by atomic mass is 16.6. The van der Waals surface area contributed by atoms with E-state index < -0.39 is 17.1 Å². The number of nitrogens with zero attached hydrogens (tertiary/aromatic N) is 1. The topological polar surface area (TPSA) is 83.6 Å². The first-order chi connectivity index (χ1) is 6.52. The number of non-ortho nitro benzene ring substituents is 1. The number of rotatable bonds is 3. The first kappa shape index (κ1) is 10.6. The Morgan fingerprint density at radius 1 is 1.29 bits per heavy atom. The molecule has 1 rings (SSSR count). The van der Waals surface area contributed by atoms with Crippen LogP contribution in [0.3, 0.4) is 0 Å². The van der Waals surface area contributed by atoms with E-state index in [9.17, 15) is 15.2 Å². The van der Waals surface area contributed by atoms with E-state index in [-0.39, 0.29) is 5.69 Å². The number of nitro groups is 1. The lowest BCUT2D eigenvalue weighted by molar-refractivity contribution is -0.384. The summed E-state index contributed by atoms with van der Waals surface area (Å²) in [6.45, 7) is 1.45. The van der Waals surface area contributed by atoms with Gasteiger partial charge in [0.25, 0.3) is 5.69 Å². The molecule has 1 aromatic carbocycles. The highest BCUT2D eigenvalue weighted by Gasteiger charge is 2.14. The van der Waals surface area contributed by atoms with Crippen LogP contribution in [-0.2, 0) is 0 Å². The van der Waals surface area contributed by atoms with Crippen LogP contribution in [0.4, 0.5) is 5.69 Å². The number of hydrogen-bond donors (Lipinski definition) is 2. The second-order valence-corrected chi connectivity index (χ2v) is 3.03. The maximum atomic E-state index is 10.3. The maximum Gasteiger partial charge on any atom is 0.269 e. The van der Waals surface area contributed by atoms with Gasteiger partial charge in [-0.2, -0.15) is 0 Å². The third-order valence-electron chi connectivity index (χ3n) is 1.90. The summed E-state index contributed by atoms with van der Waals surface area (Å²) < 4.78 is 0. The Balaban J connectivity index is 2.88. The zero-order chi connectivity index (χ0) is 10.7. The monoisotopic (exact) mass is 197 g/mol. The van der Waals surface area contributed by atoms with E-state index in [4.69, 9.17) is 5.11 Å². The van der Waals surface area contributed by atoms with Crippen LogP contribution >= 0.6 is 0 Å². The molecule has 0 heterocycles. The predicted octanol–water partition coefficient (Wildman–Crippen LogP) is 1.01. The summed E-state index contributed by atoms with van der Waals surface area (Å²) in [4.78, 5) is 9.79. The molecule has 2 unspecified atom stereocenters. The van der Waals surface area contributed by atoms with Gasteiger partial charge >= 0.3 is 0 Å². The zero-order valence-corrected chi connectivity index (χ0v) is 7.62. The lowest BCUT2D eigenvalue weighted by atomic mass is 10.1. The summed E-state index contributed by atoms with van der Waals surface area (Å²) in [5.41, 5.74) is 0.428. The Morgan fingerprint density at radius 3 is 2.14 bits per heavy atom. The van der Waals surface area contributed by atoms with Crippen molar-refractivity contribution in [1.82, 2.24) is 0 Å². The minimum Gasteiger partial charge on any atom is -0.390 e. The summed E-state index contributed by atoms with van der Waals surface area (Å²) in [6.07, 6.45) is -1.90. The summed E-state index contributed by atoms with van der Waals surface area (Å²) in [7, 11) is 0. The van der Waals surface area contributed by atoms with Crippen molar-refractivity contribution in [3.05, 3.63) is 39.9 Å². The largest absolute Gasteiger partial charge is 0.390 e. The molecule has 0 radical (unpaired) electrons. The van der Waals surface area contributed by atoms with Gasteiger partial charge in [-0.1, -0.05) is 0 Å². The standard InChI is InChI=1S/C9H11NO4/c1-6(11)9(12)7-2-4-8(5-3-7)10(13)14/h2-6,9,11-12H,1H3. The van der Waals surface area contributed by atoms with Crippen LogP contribution in [0.2, 0.25) is 0 Å². The average Bonchev–Trinajstić information content (AvgIpc) is 2.16. The van der Waals surface area contributed by atoms with E-state index in [1.54, 1.807) is 0 Å². The van der Waals surface area contributed by atoms with Gasteiger partial charge in [0.2, 0.25) is 0 Å². The first-order valence-corrected chi connectivity index (χ1v) is 4.13. The summed E-state index contributed by atoms with van der Waals surface area (Å²) in [6, 6.07) is 5.44. The molecule has 76 valence electrons. The average molecular weight is 197 g/mol. The molecule has 2 atom stereocenters. The Hall–Kier alpha value is -1.46. The second-order valence-electron chi connectivity index (χ2n) is 3.03. The molecule has 0 fully saturated rings. The normalized spacial score (nSPS) is 14.8. The molecular weight excluding hydrogens is 186 g/mol. The molecule has 0 spiro atoms. The lowest BCUT2D eigenvalue weighted by Crippen LogP contribution is -2.13. The van der Waals surface area contributed by atoms with Crippen LogP contribution in [0.5, 0.6) is 0 Å². The molecule has 2 N–H and O–H groups in total. The number of benzene rings is 1. The Bertz CT molecular complexity index is 320. The Labute approximate surface area is 80.8 Å². The highest BCUT2D eigenvalue weighted by Crippen LogP contribution is 2.19. The molecule has 1 aromatic rings. The van der Waals surface area contributed by atoms with Crippen molar-refractivity contribution in [3.8, 4) is 0 Å². The maximum absolute atomic E-state index is 10.3. The van der Waals surface area contributed by atoms with Gasteiger partial charge in [-0.3, -0.25) is 10.1 Å². The van der Waals surface area contributed by atoms with Crippen LogP contribution in [0.25, 0.3) is 0 Å². The van der Waals surface area contributed by atoms with E-state index >= 15 is 0 Å². The molecule has 0 aliphatic rings. The van der Waals surface area contributed by atoms with Gasteiger partial charge in [0.1, 0.15) is 6.10 Å². The minimum absolute atomic E-state index is 0.0356. The summed E-state index contributed by atoms with van der Waals surface area (Å²) in [5.74, 6) is 0. The van der Waals surface area contributed by atoms with Crippen LogP contribution in [0.15, 0.2) is 24.3 Å². The van der Waals surface area contributed by atoms with Gasteiger partial charge in [-0.05, 0) is 24.6 Å². The quantitative estimate of drug-likeness (QED) is 0.559. The van der Waals surface area contributed by atoms with E-state index in [1.807, 2.05) is 0 Å². The van der Waals surface area contributed by atoms with Crippen molar-refractivity contribution in [1.29, 1.82) is 0 Å². The van der Waals surface area contributed by atoms with Crippen LogP contribution in [0.1, 0.15) is 18.6 Å².